The molecule has 0 bridgehead atoms. The quantitative estimate of drug-likeness (QED) is 0.770. The molecule has 1 unspecified atom stereocenters. The van der Waals surface area contributed by atoms with Gasteiger partial charge in [0.05, 0.1) is 12.1 Å². The number of nitrogens with one attached hydrogen (secondary N) is 1. The SMILES string of the molecule is CCC1CCCCN1CCCNC(=O)c1ccc(OC)c(Cl)c1. The van der Waals surface area contributed by atoms with Gasteiger partial charge in [-0.3, -0.25) is 4.79 Å². The fourth-order valence-electron chi connectivity index (χ4n) is 3.21. The van der Waals surface area contributed by atoms with E-state index in [0.717, 1.165) is 19.0 Å². The zero-order chi connectivity index (χ0) is 16.7. The highest BCUT2D eigenvalue weighted by Crippen LogP contribution is 2.24. The van der Waals surface area contributed by atoms with Crippen molar-refractivity contribution >= 4 is 17.5 Å². The van der Waals surface area contributed by atoms with Gasteiger partial charge >= 0.3 is 0 Å². The van der Waals surface area contributed by atoms with Crippen LogP contribution < -0.4 is 10.1 Å². The molecule has 5 heteroatoms. The molecule has 23 heavy (non-hydrogen) atoms. The number of rotatable bonds is 7. The Bertz CT molecular complexity index is 522. The summed E-state index contributed by atoms with van der Waals surface area (Å²) in [5.74, 6) is 0.499. The maximum Gasteiger partial charge on any atom is 0.251 e. The molecule has 4 nitrogen and oxygen atoms in total. The van der Waals surface area contributed by atoms with Gasteiger partial charge in [-0.15, -0.1) is 0 Å². The summed E-state index contributed by atoms with van der Waals surface area (Å²) < 4.78 is 5.10. The molecule has 1 aliphatic rings. The third-order valence-electron chi connectivity index (χ3n) is 4.54. The molecule has 1 amide bonds. The first-order chi connectivity index (χ1) is 11.2. The third kappa shape index (κ3) is 5.11. The lowest BCUT2D eigenvalue weighted by Crippen LogP contribution is -2.40. The minimum Gasteiger partial charge on any atom is -0.495 e. The number of benzene rings is 1. The molecule has 1 N–H and O–H groups in total. The average molecular weight is 339 g/mol. The van der Waals surface area contributed by atoms with Crippen LogP contribution >= 0.6 is 11.6 Å². The van der Waals surface area contributed by atoms with E-state index in [1.165, 1.54) is 32.2 Å². The van der Waals surface area contributed by atoms with E-state index in [1.807, 2.05) is 0 Å². The van der Waals surface area contributed by atoms with Crippen molar-refractivity contribution in [1.82, 2.24) is 10.2 Å². The van der Waals surface area contributed by atoms with Gasteiger partial charge in [-0.25, -0.2) is 0 Å². The van der Waals surface area contributed by atoms with Crippen molar-refractivity contribution in [2.24, 2.45) is 0 Å². The van der Waals surface area contributed by atoms with Gasteiger partial charge in [0, 0.05) is 24.7 Å². The molecular weight excluding hydrogens is 312 g/mol. The van der Waals surface area contributed by atoms with E-state index < -0.39 is 0 Å². The number of likely N-dealkylation sites (tertiary alicyclic amines) is 1. The molecule has 1 aromatic rings. The summed E-state index contributed by atoms with van der Waals surface area (Å²) in [5.41, 5.74) is 0.570. The minimum absolute atomic E-state index is 0.0831. The molecule has 1 aromatic carbocycles. The first-order valence-corrected chi connectivity index (χ1v) is 8.89. The summed E-state index contributed by atoms with van der Waals surface area (Å²) in [4.78, 5) is 14.7. The summed E-state index contributed by atoms with van der Waals surface area (Å²) >= 11 is 6.06. The Morgan fingerprint density at radius 3 is 2.96 bits per heavy atom. The second-order valence-corrected chi connectivity index (χ2v) is 6.46. The van der Waals surface area contributed by atoms with Crippen LogP contribution in [0.2, 0.25) is 5.02 Å². The molecule has 0 saturated carbocycles. The van der Waals surface area contributed by atoms with Gasteiger partial charge in [-0.2, -0.15) is 0 Å². The number of amides is 1. The van der Waals surface area contributed by atoms with Gasteiger partial charge in [0.1, 0.15) is 5.75 Å². The van der Waals surface area contributed by atoms with Gasteiger partial charge in [-0.05, 0) is 50.4 Å². The molecule has 1 saturated heterocycles. The van der Waals surface area contributed by atoms with Crippen molar-refractivity contribution in [3.05, 3.63) is 28.8 Å². The van der Waals surface area contributed by atoms with E-state index >= 15 is 0 Å². The summed E-state index contributed by atoms with van der Waals surface area (Å²) in [6.07, 6.45) is 6.16. The van der Waals surface area contributed by atoms with Crippen molar-refractivity contribution in [2.45, 2.75) is 45.1 Å². The number of halogens is 1. The van der Waals surface area contributed by atoms with Crippen LogP contribution in [0.4, 0.5) is 0 Å². The molecule has 128 valence electrons. The van der Waals surface area contributed by atoms with Crippen LogP contribution in [0.25, 0.3) is 0 Å². The van der Waals surface area contributed by atoms with Crippen LogP contribution in [0.1, 0.15) is 49.4 Å². The Morgan fingerprint density at radius 1 is 1.43 bits per heavy atom. The lowest BCUT2D eigenvalue weighted by molar-refractivity contribution is 0.0947. The first kappa shape index (κ1) is 18.1. The van der Waals surface area contributed by atoms with E-state index in [-0.39, 0.29) is 5.91 Å². The predicted octanol–water partition coefficient (Wildman–Crippen LogP) is 3.73. The van der Waals surface area contributed by atoms with Crippen LogP contribution in [0.15, 0.2) is 18.2 Å². The van der Waals surface area contributed by atoms with Gasteiger partial charge in [0.25, 0.3) is 5.91 Å². The Labute approximate surface area is 144 Å². The Balaban J connectivity index is 1.75. The Kier molecular flexibility index (Phi) is 7.18. The van der Waals surface area contributed by atoms with E-state index in [2.05, 4.69) is 17.1 Å². The third-order valence-corrected chi connectivity index (χ3v) is 4.84. The Hall–Kier alpha value is -1.26. The van der Waals surface area contributed by atoms with Gasteiger partial charge < -0.3 is 15.0 Å². The number of hydrogen-bond acceptors (Lipinski definition) is 3. The number of methoxy groups -OCH3 is 1. The molecular formula is C18H27ClN2O2. The van der Waals surface area contributed by atoms with Crippen molar-refractivity contribution in [3.63, 3.8) is 0 Å². The molecule has 0 radical (unpaired) electrons. The minimum atomic E-state index is -0.0831. The lowest BCUT2D eigenvalue weighted by Gasteiger charge is -2.35. The van der Waals surface area contributed by atoms with E-state index in [4.69, 9.17) is 16.3 Å². The highest BCUT2D eigenvalue weighted by atomic mass is 35.5. The number of nitrogens with zero attached hydrogens (tertiary/aromatic N) is 1. The number of hydrogen-bond donors (Lipinski definition) is 1. The van der Waals surface area contributed by atoms with Crippen LogP contribution in [0.5, 0.6) is 5.75 Å². The van der Waals surface area contributed by atoms with Crippen molar-refractivity contribution in [3.8, 4) is 5.75 Å². The smallest absolute Gasteiger partial charge is 0.251 e. The molecule has 0 aromatic heterocycles. The summed E-state index contributed by atoms with van der Waals surface area (Å²) in [7, 11) is 1.56. The number of ether oxygens (including phenoxy) is 1. The molecule has 0 spiro atoms. The lowest BCUT2D eigenvalue weighted by atomic mass is 10.00. The maximum absolute atomic E-state index is 12.1. The number of carbonyl (C=O) groups is 1. The monoisotopic (exact) mass is 338 g/mol. The second-order valence-electron chi connectivity index (χ2n) is 6.05. The predicted molar refractivity (Wildman–Crippen MR) is 94.5 cm³/mol. The van der Waals surface area contributed by atoms with Crippen molar-refractivity contribution in [1.29, 1.82) is 0 Å². The summed E-state index contributed by atoms with van der Waals surface area (Å²) in [5, 5.41) is 3.43. The summed E-state index contributed by atoms with van der Waals surface area (Å²) in [6, 6.07) is 5.82. The number of piperidine rings is 1. The average Bonchev–Trinajstić information content (AvgIpc) is 2.58. The maximum atomic E-state index is 12.1. The van der Waals surface area contributed by atoms with Crippen LogP contribution in [-0.2, 0) is 0 Å². The first-order valence-electron chi connectivity index (χ1n) is 8.51. The van der Waals surface area contributed by atoms with Crippen LogP contribution in [-0.4, -0.2) is 43.6 Å². The molecule has 1 atom stereocenters. The fourth-order valence-corrected chi connectivity index (χ4v) is 3.47. The molecule has 1 aliphatic heterocycles. The molecule has 2 rings (SSSR count). The fraction of sp³-hybridized carbons (Fsp3) is 0.611. The van der Waals surface area contributed by atoms with Gasteiger partial charge in [0.2, 0.25) is 0 Å². The van der Waals surface area contributed by atoms with E-state index in [0.29, 0.717) is 22.9 Å². The molecule has 0 aliphatic carbocycles. The van der Waals surface area contributed by atoms with Crippen LogP contribution in [0, 0.1) is 0 Å². The summed E-state index contributed by atoms with van der Waals surface area (Å²) in [6.45, 7) is 5.20. The molecule has 1 heterocycles. The highest BCUT2D eigenvalue weighted by Gasteiger charge is 2.19. The zero-order valence-electron chi connectivity index (χ0n) is 14.1. The van der Waals surface area contributed by atoms with Crippen molar-refractivity contribution < 1.29 is 9.53 Å². The second kappa shape index (κ2) is 9.14. The van der Waals surface area contributed by atoms with E-state index in [1.54, 1.807) is 25.3 Å². The molecule has 1 fully saturated rings. The van der Waals surface area contributed by atoms with E-state index in [9.17, 15) is 4.79 Å². The topological polar surface area (TPSA) is 41.6 Å². The number of carbonyl (C=O) groups excluding carboxylic acids is 1. The highest BCUT2D eigenvalue weighted by molar-refractivity contribution is 6.32. The Morgan fingerprint density at radius 2 is 2.26 bits per heavy atom. The largest absolute Gasteiger partial charge is 0.495 e. The normalized spacial score (nSPS) is 18.7. The van der Waals surface area contributed by atoms with Crippen LogP contribution in [0.3, 0.4) is 0 Å². The van der Waals surface area contributed by atoms with Gasteiger partial charge in [-0.1, -0.05) is 24.9 Å². The zero-order valence-corrected chi connectivity index (χ0v) is 14.9. The standard InChI is InChI=1S/C18H27ClN2O2/c1-3-15-7-4-5-11-21(15)12-6-10-20-18(22)14-8-9-17(23-2)16(19)13-14/h8-9,13,15H,3-7,10-12H2,1-2H3,(H,20,22). The van der Waals surface area contributed by atoms with Crippen molar-refractivity contribution in [2.75, 3.05) is 26.7 Å². The van der Waals surface area contributed by atoms with Gasteiger partial charge in [0.15, 0.2) is 0 Å².